The molecule has 154 valence electrons. The van der Waals surface area contributed by atoms with Gasteiger partial charge in [-0.05, 0) is 61.1 Å². The summed E-state index contributed by atoms with van der Waals surface area (Å²) < 4.78 is 5.71. The number of carbonyl (C=O) groups is 3. The van der Waals surface area contributed by atoms with Gasteiger partial charge < -0.3 is 14.3 Å². The fourth-order valence-corrected chi connectivity index (χ4v) is 3.39. The van der Waals surface area contributed by atoms with E-state index in [2.05, 4.69) is 5.32 Å². The van der Waals surface area contributed by atoms with Crippen molar-refractivity contribution in [3.8, 4) is 11.3 Å². The highest BCUT2D eigenvalue weighted by atomic mass is 32.1. The Morgan fingerprint density at radius 3 is 2.55 bits per heavy atom. The van der Waals surface area contributed by atoms with E-state index >= 15 is 0 Å². The molecule has 0 unspecified atom stereocenters. The molecular formula is C23H15N2O5S-. The normalized spacial score (nSPS) is 15.3. The molecule has 1 saturated heterocycles. The van der Waals surface area contributed by atoms with Gasteiger partial charge in [-0.2, -0.15) is 0 Å². The number of anilines is 1. The van der Waals surface area contributed by atoms with Crippen molar-refractivity contribution in [3.05, 3.63) is 83.1 Å². The van der Waals surface area contributed by atoms with Crippen LogP contribution in [-0.4, -0.2) is 22.9 Å². The molecular weight excluding hydrogens is 416 g/mol. The molecule has 3 aromatic rings. The summed E-state index contributed by atoms with van der Waals surface area (Å²) in [6, 6.07) is 16.4. The average molecular weight is 431 g/mol. The number of thiocarbonyl (C=S) groups is 1. The average Bonchev–Trinajstić information content (AvgIpc) is 3.21. The number of amides is 2. The summed E-state index contributed by atoms with van der Waals surface area (Å²) >= 11 is 5.18. The van der Waals surface area contributed by atoms with E-state index in [0.29, 0.717) is 17.0 Å². The molecule has 0 radical (unpaired) electrons. The molecule has 8 heteroatoms. The van der Waals surface area contributed by atoms with Crippen molar-refractivity contribution in [2.75, 3.05) is 4.90 Å². The van der Waals surface area contributed by atoms with E-state index in [4.69, 9.17) is 16.6 Å². The predicted octanol–water partition coefficient (Wildman–Crippen LogP) is 2.45. The van der Waals surface area contributed by atoms with Crippen LogP contribution in [-0.2, 0) is 9.59 Å². The van der Waals surface area contributed by atoms with Crippen molar-refractivity contribution < 1.29 is 23.9 Å². The summed E-state index contributed by atoms with van der Waals surface area (Å²) in [5.74, 6) is -1.87. The summed E-state index contributed by atoms with van der Waals surface area (Å²) in [5, 5.41) is 13.6. The van der Waals surface area contributed by atoms with Crippen molar-refractivity contribution in [2.24, 2.45) is 0 Å². The van der Waals surface area contributed by atoms with Gasteiger partial charge in [-0.15, -0.1) is 0 Å². The second kappa shape index (κ2) is 8.00. The van der Waals surface area contributed by atoms with Gasteiger partial charge in [0.15, 0.2) is 5.11 Å². The lowest BCUT2D eigenvalue weighted by atomic mass is 10.1. The van der Waals surface area contributed by atoms with Gasteiger partial charge in [0.1, 0.15) is 17.1 Å². The molecule has 1 aliphatic rings. The van der Waals surface area contributed by atoms with Crippen molar-refractivity contribution in [2.45, 2.75) is 6.92 Å². The minimum absolute atomic E-state index is 0.00441. The third-order valence-electron chi connectivity index (χ3n) is 4.69. The van der Waals surface area contributed by atoms with Crippen LogP contribution in [0, 0.1) is 6.92 Å². The number of aryl methyl sites for hydroxylation is 1. The van der Waals surface area contributed by atoms with Crippen molar-refractivity contribution in [1.29, 1.82) is 0 Å². The number of nitrogens with zero attached hydrogens (tertiary/aromatic N) is 1. The Morgan fingerprint density at radius 1 is 1.10 bits per heavy atom. The first-order valence-electron chi connectivity index (χ1n) is 9.23. The van der Waals surface area contributed by atoms with Gasteiger partial charge in [-0.3, -0.25) is 19.8 Å². The second-order valence-corrected chi connectivity index (χ2v) is 7.25. The van der Waals surface area contributed by atoms with E-state index in [1.807, 2.05) is 19.1 Å². The van der Waals surface area contributed by atoms with Gasteiger partial charge in [0, 0.05) is 5.56 Å². The Morgan fingerprint density at radius 2 is 1.84 bits per heavy atom. The van der Waals surface area contributed by atoms with Crippen LogP contribution >= 0.6 is 12.2 Å². The summed E-state index contributed by atoms with van der Waals surface area (Å²) in [4.78, 5) is 37.8. The smallest absolute Gasteiger partial charge is 0.270 e. The molecule has 4 rings (SSSR count). The molecule has 2 amide bonds. The van der Waals surface area contributed by atoms with Gasteiger partial charge in [0.25, 0.3) is 11.8 Å². The van der Waals surface area contributed by atoms with Gasteiger partial charge in [0.2, 0.25) is 0 Å². The number of carboxylic acids is 1. The minimum atomic E-state index is -1.30. The molecule has 0 bridgehead atoms. The van der Waals surface area contributed by atoms with Gasteiger partial charge in [-0.1, -0.05) is 35.9 Å². The van der Waals surface area contributed by atoms with E-state index in [0.717, 1.165) is 5.56 Å². The molecule has 2 heterocycles. The van der Waals surface area contributed by atoms with Crippen LogP contribution in [0.5, 0.6) is 0 Å². The maximum absolute atomic E-state index is 13.0. The summed E-state index contributed by atoms with van der Waals surface area (Å²) in [6.45, 7) is 1.92. The number of hydrogen-bond acceptors (Lipinski definition) is 6. The number of carbonyl (C=O) groups excluding carboxylic acids is 3. The summed E-state index contributed by atoms with van der Waals surface area (Å²) in [6.07, 6.45) is 1.33. The number of nitrogens with one attached hydrogen (secondary N) is 1. The summed E-state index contributed by atoms with van der Waals surface area (Å²) in [5.41, 5.74) is 1.94. The lowest BCUT2D eigenvalue weighted by molar-refractivity contribution is -0.255. The van der Waals surface area contributed by atoms with Gasteiger partial charge in [0.05, 0.1) is 11.7 Å². The van der Waals surface area contributed by atoms with Gasteiger partial charge >= 0.3 is 0 Å². The predicted molar refractivity (Wildman–Crippen MR) is 116 cm³/mol. The molecule has 0 aliphatic carbocycles. The highest BCUT2D eigenvalue weighted by Crippen LogP contribution is 2.26. The Hall–Kier alpha value is -4.04. The van der Waals surface area contributed by atoms with Crippen LogP contribution in [0.25, 0.3) is 17.4 Å². The van der Waals surface area contributed by atoms with Crippen molar-refractivity contribution in [1.82, 2.24) is 5.32 Å². The minimum Gasteiger partial charge on any atom is -0.545 e. The Balaban J connectivity index is 1.66. The SMILES string of the molecule is Cc1ccc(N2C(=O)/C(=C/c3ccc(-c4cccc(C(=O)[O-])c4)o3)C(=O)NC2=S)cc1. The standard InChI is InChI=1S/C23H16N2O5S/c1-13-5-7-16(8-6-13)25-21(27)18(20(26)24-23(25)31)12-17-9-10-19(30-17)14-3-2-4-15(11-14)22(28)29/h2-12H,1H3,(H,28,29)(H,24,26,31)/p-1/b18-12+. The molecule has 2 aromatic carbocycles. The first-order valence-corrected chi connectivity index (χ1v) is 9.64. The molecule has 1 aromatic heterocycles. The zero-order chi connectivity index (χ0) is 22.1. The van der Waals surface area contributed by atoms with E-state index in [1.165, 1.54) is 23.1 Å². The van der Waals surface area contributed by atoms with Crippen LogP contribution in [0.4, 0.5) is 5.69 Å². The van der Waals surface area contributed by atoms with Crippen LogP contribution < -0.4 is 15.3 Å². The fourth-order valence-electron chi connectivity index (χ4n) is 3.11. The Bertz CT molecular complexity index is 1260. The lowest BCUT2D eigenvalue weighted by Crippen LogP contribution is -2.54. The summed E-state index contributed by atoms with van der Waals surface area (Å²) in [7, 11) is 0. The number of carboxylic acid groups (broad SMARTS) is 1. The lowest BCUT2D eigenvalue weighted by Gasteiger charge is -2.28. The topological polar surface area (TPSA) is 103 Å². The van der Waals surface area contributed by atoms with Gasteiger partial charge in [-0.25, -0.2) is 0 Å². The molecule has 0 atom stereocenters. The largest absolute Gasteiger partial charge is 0.545 e. The number of aromatic carboxylic acids is 1. The zero-order valence-corrected chi connectivity index (χ0v) is 17.1. The van der Waals surface area contributed by atoms with Crippen molar-refractivity contribution >= 4 is 46.9 Å². The molecule has 1 N–H and O–H groups in total. The van der Waals surface area contributed by atoms with Crippen LogP contribution in [0.2, 0.25) is 0 Å². The van der Waals surface area contributed by atoms with Crippen molar-refractivity contribution in [3.63, 3.8) is 0 Å². The Labute approximate surface area is 182 Å². The third-order valence-corrected chi connectivity index (χ3v) is 4.97. The molecule has 0 spiro atoms. The zero-order valence-electron chi connectivity index (χ0n) is 16.2. The monoisotopic (exact) mass is 431 g/mol. The molecule has 0 saturated carbocycles. The highest BCUT2D eigenvalue weighted by Gasteiger charge is 2.34. The molecule has 31 heavy (non-hydrogen) atoms. The van der Waals surface area contributed by atoms with Crippen LogP contribution in [0.1, 0.15) is 21.7 Å². The van der Waals surface area contributed by atoms with E-state index in [9.17, 15) is 19.5 Å². The Kier molecular flexibility index (Phi) is 5.22. The molecule has 1 fully saturated rings. The first kappa shape index (κ1) is 20.2. The van der Waals surface area contributed by atoms with Crippen LogP contribution in [0.15, 0.2) is 70.7 Å². The number of hydrogen-bond donors (Lipinski definition) is 1. The first-order chi connectivity index (χ1) is 14.8. The highest BCUT2D eigenvalue weighted by molar-refractivity contribution is 7.80. The van der Waals surface area contributed by atoms with E-state index < -0.39 is 17.8 Å². The molecule has 1 aliphatic heterocycles. The molecule has 7 nitrogen and oxygen atoms in total. The second-order valence-electron chi connectivity index (χ2n) is 6.86. The fraction of sp³-hybridized carbons (Fsp3) is 0.0435. The quantitative estimate of drug-likeness (QED) is 0.387. The maximum Gasteiger partial charge on any atom is 0.270 e. The van der Waals surface area contributed by atoms with E-state index in [1.54, 1.807) is 36.4 Å². The van der Waals surface area contributed by atoms with E-state index in [-0.39, 0.29) is 22.0 Å². The number of rotatable bonds is 4. The number of furan rings is 1. The third kappa shape index (κ3) is 4.01. The van der Waals surface area contributed by atoms with Crippen LogP contribution in [0.3, 0.4) is 0 Å². The number of benzene rings is 2. The maximum atomic E-state index is 13.0.